The van der Waals surface area contributed by atoms with Crippen molar-refractivity contribution < 1.29 is 23.4 Å². The summed E-state index contributed by atoms with van der Waals surface area (Å²) in [6.45, 7) is 2.55. The maximum absolute atomic E-state index is 11.5. The summed E-state index contributed by atoms with van der Waals surface area (Å²) in [7, 11) is 2.91. The van der Waals surface area contributed by atoms with E-state index in [4.69, 9.17) is 13.9 Å². The number of rotatable bonds is 6. The number of esters is 1. The first-order valence-electron chi connectivity index (χ1n) is 8.03. The molecule has 2 aromatic rings. The number of carbonyl (C=O) groups excluding carboxylic acids is 1. The average Bonchev–Trinajstić information content (AvgIpc) is 3.12. The molecule has 3 rings (SSSR count). The molecule has 0 amide bonds. The Kier molecular flexibility index (Phi) is 5.62. The number of oxazole rings is 1. The fourth-order valence-corrected chi connectivity index (χ4v) is 2.77. The minimum absolute atomic E-state index is 0.178. The molecule has 25 heavy (non-hydrogen) atoms. The van der Waals surface area contributed by atoms with Gasteiger partial charge in [-0.05, 0) is 12.0 Å². The third kappa shape index (κ3) is 4.34. The molecule has 1 atom stereocenters. The van der Waals surface area contributed by atoms with E-state index in [2.05, 4.69) is 19.6 Å². The molecule has 0 aliphatic carbocycles. The highest BCUT2D eigenvalue weighted by Gasteiger charge is 2.25. The lowest BCUT2D eigenvalue weighted by atomic mass is 10.1. The zero-order valence-corrected chi connectivity index (χ0v) is 14.3. The summed E-state index contributed by atoms with van der Waals surface area (Å²) in [4.78, 5) is 22.1. The molecule has 1 unspecified atom stereocenters. The van der Waals surface area contributed by atoms with Crippen LogP contribution in [0, 0.1) is 0 Å². The largest absolute Gasteiger partial charge is 0.481 e. The molecule has 0 radical (unpaired) electrons. The SMILES string of the molecule is COC(=O)c1coc(CN2CCOCC2Cc2ccc(OC)nc2)n1. The molecule has 0 N–H and O–H groups in total. The summed E-state index contributed by atoms with van der Waals surface area (Å²) >= 11 is 0. The summed E-state index contributed by atoms with van der Waals surface area (Å²) in [5.41, 5.74) is 1.28. The van der Waals surface area contributed by atoms with E-state index in [1.54, 1.807) is 7.11 Å². The van der Waals surface area contributed by atoms with E-state index in [9.17, 15) is 4.79 Å². The Hall–Kier alpha value is -2.45. The van der Waals surface area contributed by atoms with Gasteiger partial charge < -0.3 is 18.6 Å². The molecule has 2 aromatic heterocycles. The third-order valence-electron chi connectivity index (χ3n) is 4.11. The van der Waals surface area contributed by atoms with E-state index in [1.807, 2.05) is 18.3 Å². The van der Waals surface area contributed by atoms with Crippen molar-refractivity contribution in [3.8, 4) is 5.88 Å². The van der Waals surface area contributed by atoms with Gasteiger partial charge in [-0.3, -0.25) is 4.90 Å². The summed E-state index contributed by atoms with van der Waals surface area (Å²) in [6.07, 6.45) is 3.93. The molecule has 3 heterocycles. The maximum atomic E-state index is 11.5. The smallest absolute Gasteiger partial charge is 0.360 e. The van der Waals surface area contributed by atoms with Crippen molar-refractivity contribution in [2.24, 2.45) is 0 Å². The fraction of sp³-hybridized carbons (Fsp3) is 0.471. The van der Waals surface area contributed by atoms with Crippen LogP contribution in [0.3, 0.4) is 0 Å². The van der Waals surface area contributed by atoms with Crippen LogP contribution in [-0.2, 0) is 22.4 Å². The second kappa shape index (κ2) is 8.09. The Bertz CT molecular complexity index is 701. The van der Waals surface area contributed by atoms with Crippen LogP contribution in [0.4, 0.5) is 0 Å². The van der Waals surface area contributed by atoms with Gasteiger partial charge >= 0.3 is 5.97 Å². The Morgan fingerprint density at radius 1 is 1.40 bits per heavy atom. The minimum atomic E-state index is -0.502. The molecule has 0 saturated carbocycles. The van der Waals surface area contributed by atoms with Crippen molar-refractivity contribution in [2.75, 3.05) is 34.0 Å². The first kappa shape index (κ1) is 17.4. The number of hydrogen-bond acceptors (Lipinski definition) is 8. The molecule has 8 heteroatoms. The zero-order chi connectivity index (χ0) is 17.6. The summed E-state index contributed by atoms with van der Waals surface area (Å²) in [5, 5.41) is 0. The minimum Gasteiger partial charge on any atom is -0.481 e. The van der Waals surface area contributed by atoms with E-state index in [0.29, 0.717) is 31.5 Å². The summed E-state index contributed by atoms with van der Waals surface area (Å²) in [6, 6.07) is 4.02. The number of hydrogen-bond donors (Lipinski definition) is 0. The highest BCUT2D eigenvalue weighted by molar-refractivity contribution is 5.86. The standard InChI is InChI=1S/C17H21N3O5/c1-22-15-4-3-12(8-18-15)7-13-10-24-6-5-20(13)9-16-19-14(11-25-16)17(21)23-2/h3-4,8,11,13H,5-7,9-10H2,1-2H3. The lowest BCUT2D eigenvalue weighted by Gasteiger charge is -2.34. The average molecular weight is 347 g/mol. The van der Waals surface area contributed by atoms with Gasteiger partial charge in [0.05, 0.1) is 34.0 Å². The molecular formula is C17H21N3O5. The zero-order valence-electron chi connectivity index (χ0n) is 14.3. The maximum Gasteiger partial charge on any atom is 0.360 e. The van der Waals surface area contributed by atoms with Crippen LogP contribution in [-0.4, -0.2) is 60.9 Å². The Labute approximate surface area is 145 Å². The Morgan fingerprint density at radius 3 is 3.00 bits per heavy atom. The van der Waals surface area contributed by atoms with Gasteiger partial charge in [-0.1, -0.05) is 6.07 Å². The number of nitrogens with zero attached hydrogens (tertiary/aromatic N) is 3. The summed E-state index contributed by atoms with van der Waals surface area (Å²) in [5.74, 6) is 0.577. The lowest BCUT2D eigenvalue weighted by Crippen LogP contribution is -2.46. The predicted molar refractivity (Wildman–Crippen MR) is 87.4 cm³/mol. The molecule has 1 saturated heterocycles. The van der Waals surface area contributed by atoms with Gasteiger partial charge in [0.15, 0.2) is 5.69 Å². The van der Waals surface area contributed by atoms with Crippen molar-refractivity contribution in [3.63, 3.8) is 0 Å². The van der Waals surface area contributed by atoms with E-state index in [0.717, 1.165) is 18.5 Å². The molecule has 1 aliphatic rings. The van der Waals surface area contributed by atoms with Crippen molar-refractivity contribution in [1.82, 2.24) is 14.9 Å². The molecule has 1 aliphatic heterocycles. The number of methoxy groups -OCH3 is 2. The van der Waals surface area contributed by atoms with Crippen molar-refractivity contribution in [2.45, 2.75) is 19.0 Å². The fourth-order valence-electron chi connectivity index (χ4n) is 2.77. The van der Waals surface area contributed by atoms with Gasteiger partial charge in [-0.15, -0.1) is 0 Å². The first-order valence-corrected chi connectivity index (χ1v) is 8.03. The summed E-state index contributed by atoms with van der Waals surface area (Å²) < 4.78 is 20.7. The lowest BCUT2D eigenvalue weighted by molar-refractivity contribution is -0.0147. The van der Waals surface area contributed by atoms with Crippen molar-refractivity contribution in [1.29, 1.82) is 0 Å². The number of aromatic nitrogens is 2. The van der Waals surface area contributed by atoms with E-state index in [-0.39, 0.29) is 11.7 Å². The van der Waals surface area contributed by atoms with Gasteiger partial charge in [0.25, 0.3) is 0 Å². The topological polar surface area (TPSA) is 86.9 Å². The molecule has 0 spiro atoms. The van der Waals surface area contributed by atoms with Crippen LogP contribution >= 0.6 is 0 Å². The molecular weight excluding hydrogens is 326 g/mol. The quantitative estimate of drug-likeness (QED) is 0.723. The van der Waals surface area contributed by atoms with Gasteiger partial charge in [0.2, 0.25) is 11.8 Å². The highest BCUT2D eigenvalue weighted by atomic mass is 16.5. The number of pyridine rings is 1. The Morgan fingerprint density at radius 2 is 2.28 bits per heavy atom. The van der Waals surface area contributed by atoms with E-state index < -0.39 is 5.97 Å². The van der Waals surface area contributed by atoms with Gasteiger partial charge in [-0.2, -0.15) is 0 Å². The highest BCUT2D eigenvalue weighted by Crippen LogP contribution is 2.17. The van der Waals surface area contributed by atoms with Crippen molar-refractivity contribution >= 4 is 5.97 Å². The van der Waals surface area contributed by atoms with Gasteiger partial charge in [0.1, 0.15) is 6.26 Å². The number of ether oxygens (including phenoxy) is 3. The second-order valence-corrected chi connectivity index (χ2v) is 5.73. The third-order valence-corrected chi connectivity index (χ3v) is 4.11. The first-order chi connectivity index (χ1) is 12.2. The molecule has 1 fully saturated rings. The molecule has 134 valence electrons. The second-order valence-electron chi connectivity index (χ2n) is 5.73. The van der Waals surface area contributed by atoms with Gasteiger partial charge in [0, 0.05) is 24.8 Å². The number of morpholine rings is 1. The van der Waals surface area contributed by atoms with Crippen molar-refractivity contribution in [3.05, 3.63) is 41.7 Å². The predicted octanol–water partition coefficient (Wildman–Crippen LogP) is 1.31. The van der Waals surface area contributed by atoms with Crippen LogP contribution in [0.1, 0.15) is 21.9 Å². The Balaban J connectivity index is 1.65. The number of carbonyl (C=O) groups is 1. The monoisotopic (exact) mass is 347 g/mol. The van der Waals surface area contributed by atoms with E-state index >= 15 is 0 Å². The molecule has 8 nitrogen and oxygen atoms in total. The van der Waals surface area contributed by atoms with Crippen LogP contribution in [0.2, 0.25) is 0 Å². The molecule has 0 bridgehead atoms. The van der Waals surface area contributed by atoms with Crippen LogP contribution < -0.4 is 4.74 Å². The van der Waals surface area contributed by atoms with E-state index in [1.165, 1.54) is 13.4 Å². The normalized spacial score (nSPS) is 18.1. The van der Waals surface area contributed by atoms with Crippen LogP contribution in [0.25, 0.3) is 0 Å². The molecule has 0 aromatic carbocycles. The van der Waals surface area contributed by atoms with Crippen LogP contribution in [0.15, 0.2) is 29.0 Å². The van der Waals surface area contributed by atoms with Gasteiger partial charge in [-0.25, -0.2) is 14.8 Å². The van der Waals surface area contributed by atoms with Crippen LogP contribution in [0.5, 0.6) is 5.88 Å².